The van der Waals surface area contributed by atoms with E-state index >= 15 is 0 Å². The summed E-state index contributed by atoms with van der Waals surface area (Å²) in [5, 5.41) is 1.37. The molecule has 1 amide bonds. The first kappa shape index (κ1) is 15.5. The van der Waals surface area contributed by atoms with E-state index in [0.717, 1.165) is 12.0 Å². The molecule has 1 heterocycles. The fourth-order valence-electron chi connectivity index (χ4n) is 2.33. The number of rotatable bonds is 1. The van der Waals surface area contributed by atoms with Gasteiger partial charge in [0.05, 0.1) is 0 Å². The van der Waals surface area contributed by atoms with Crippen LogP contribution < -0.4 is 0 Å². The summed E-state index contributed by atoms with van der Waals surface area (Å²) < 4.78 is 5.39. The summed E-state index contributed by atoms with van der Waals surface area (Å²) in [6, 6.07) is 5.45. The van der Waals surface area contributed by atoms with Crippen LogP contribution in [0.3, 0.4) is 0 Å². The Bertz CT molecular complexity index is 511. The van der Waals surface area contributed by atoms with Crippen molar-refractivity contribution < 1.29 is 9.53 Å². The molecule has 1 aliphatic heterocycles. The van der Waals surface area contributed by atoms with E-state index in [0.29, 0.717) is 23.1 Å². The molecular weight excluding hydrogens is 297 g/mol. The van der Waals surface area contributed by atoms with E-state index in [1.165, 1.54) is 0 Å². The lowest BCUT2D eigenvalue weighted by Gasteiger charge is -2.24. The molecule has 0 aromatic heterocycles. The van der Waals surface area contributed by atoms with Crippen LogP contribution in [-0.4, -0.2) is 29.7 Å². The maximum Gasteiger partial charge on any atom is 0.410 e. The Hall–Kier alpha value is -0.930. The third-order valence-corrected chi connectivity index (χ3v) is 3.82. The molecule has 1 fully saturated rings. The first-order chi connectivity index (χ1) is 9.26. The smallest absolute Gasteiger partial charge is 0.410 e. The third kappa shape index (κ3) is 3.80. The molecular formula is C15H19Cl2NO2. The van der Waals surface area contributed by atoms with Gasteiger partial charge in [-0.05, 0) is 51.0 Å². The van der Waals surface area contributed by atoms with E-state index in [-0.39, 0.29) is 12.0 Å². The zero-order valence-corrected chi connectivity index (χ0v) is 13.5. The number of hydrogen-bond donors (Lipinski definition) is 0. The summed E-state index contributed by atoms with van der Waals surface area (Å²) in [5.41, 5.74) is 0.535. The monoisotopic (exact) mass is 315 g/mol. The van der Waals surface area contributed by atoms with Crippen molar-refractivity contribution >= 4 is 29.3 Å². The molecule has 1 aliphatic rings. The maximum atomic E-state index is 12.0. The van der Waals surface area contributed by atoms with Crippen molar-refractivity contribution in [1.82, 2.24) is 4.90 Å². The molecule has 0 saturated carbocycles. The van der Waals surface area contributed by atoms with Crippen molar-refractivity contribution in [2.45, 2.75) is 38.7 Å². The number of halogens is 2. The third-order valence-electron chi connectivity index (χ3n) is 3.24. The minimum absolute atomic E-state index is 0.216. The Balaban J connectivity index is 2.05. The van der Waals surface area contributed by atoms with Crippen LogP contribution in [0.25, 0.3) is 0 Å². The van der Waals surface area contributed by atoms with Crippen molar-refractivity contribution in [3.8, 4) is 0 Å². The fraction of sp³-hybridized carbons (Fsp3) is 0.533. The van der Waals surface area contributed by atoms with Gasteiger partial charge in [0.2, 0.25) is 0 Å². The Morgan fingerprint density at radius 3 is 2.70 bits per heavy atom. The molecule has 0 N–H and O–H groups in total. The van der Waals surface area contributed by atoms with Gasteiger partial charge in [0.25, 0.3) is 0 Å². The molecule has 110 valence electrons. The molecule has 1 unspecified atom stereocenters. The van der Waals surface area contributed by atoms with Crippen LogP contribution in [0.4, 0.5) is 4.79 Å². The minimum atomic E-state index is -0.469. The summed E-state index contributed by atoms with van der Waals surface area (Å²) in [4.78, 5) is 13.8. The van der Waals surface area contributed by atoms with Crippen LogP contribution in [0.15, 0.2) is 18.2 Å². The number of hydrogen-bond acceptors (Lipinski definition) is 2. The SMILES string of the molecule is CC(C)(C)OC(=O)N1CCC(c2cc(Cl)ccc2Cl)C1. The van der Waals surface area contributed by atoms with Crippen molar-refractivity contribution in [1.29, 1.82) is 0 Å². The molecule has 1 aromatic rings. The molecule has 1 aromatic carbocycles. The lowest BCUT2D eigenvalue weighted by atomic mass is 9.98. The highest BCUT2D eigenvalue weighted by molar-refractivity contribution is 6.33. The summed E-state index contributed by atoms with van der Waals surface area (Å²) in [6.45, 7) is 6.91. The number of amides is 1. The molecule has 1 saturated heterocycles. The van der Waals surface area contributed by atoms with Gasteiger partial charge in [-0.25, -0.2) is 4.79 Å². The molecule has 3 nitrogen and oxygen atoms in total. The van der Waals surface area contributed by atoms with Gasteiger partial charge in [0, 0.05) is 29.1 Å². The van der Waals surface area contributed by atoms with Crippen molar-refractivity contribution in [3.05, 3.63) is 33.8 Å². The fourth-order valence-corrected chi connectivity index (χ4v) is 2.79. The zero-order chi connectivity index (χ0) is 14.9. The second-order valence-electron chi connectivity index (χ2n) is 6.08. The first-order valence-electron chi connectivity index (χ1n) is 6.69. The number of carbonyl (C=O) groups excluding carboxylic acids is 1. The molecule has 0 bridgehead atoms. The highest BCUT2D eigenvalue weighted by Gasteiger charge is 2.31. The van der Waals surface area contributed by atoms with E-state index < -0.39 is 5.60 Å². The highest BCUT2D eigenvalue weighted by Crippen LogP contribution is 2.34. The number of nitrogens with zero attached hydrogens (tertiary/aromatic N) is 1. The Morgan fingerprint density at radius 2 is 2.05 bits per heavy atom. The summed E-state index contributed by atoms with van der Waals surface area (Å²) in [7, 11) is 0. The Morgan fingerprint density at radius 1 is 1.35 bits per heavy atom. The predicted molar refractivity (Wildman–Crippen MR) is 81.6 cm³/mol. The van der Waals surface area contributed by atoms with Crippen LogP contribution in [0.1, 0.15) is 38.7 Å². The second-order valence-corrected chi connectivity index (χ2v) is 6.92. The van der Waals surface area contributed by atoms with Gasteiger partial charge in [0.1, 0.15) is 5.60 Å². The lowest BCUT2D eigenvalue weighted by Crippen LogP contribution is -2.35. The van der Waals surface area contributed by atoms with Gasteiger partial charge < -0.3 is 9.64 Å². The standard InChI is InChI=1S/C15H19Cl2NO2/c1-15(2,3)20-14(19)18-7-6-10(9-18)12-8-11(16)4-5-13(12)17/h4-5,8,10H,6-7,9H2,1-3H3. The summed E-state index contributed by atoms with van der Waals surface area (Å²) in [6.07, 6.45) is 0.609. The van der Waals surface area contributed by atoms with Gasteiger partial charge in [-0.2, -0.15) is 0 Å². The average Bonchev–Trinajstić information content (AvgIpc) is 2.79. The van der Waals surface area contributed by atoms with Crippen molar-refractivity contribution in [2.75, 3.05) is 13.1 Å². The molecule has 1 atom stereocenters. The number of carbonyl (C=O) groups is 1. The average molecular weight is 316 g/mol. The first-order valence-corrected chi connectivity index (χ1v) is 7.45. The van der Waals surface area contributed by atoms with Gasteiger partial charge in [-0.15, -0.1) is 0 Å². The largest absolute Gasteiger partial charge is 0.444 e. The van der Waals surface area contributed by atoms with E-state index in [9.17, 15) is 4.79 Å². The quantitative estimate of drug-likeness (QED) is 0.750. The van der Waals surface area contributed by atoms with Crippen LogP contribution in [0, 0.1) is 0 Å². The minimum Gasteiger partial charge on any atom is -0.444 e. The van der Waals surface area contributed by atoms with Crippen molar-refractivity contribution in [3.63, 3.8) is 0 Å². The number of benzene rings is 1. The van der Waals surface area contributed by atoms with E-state index in [1.54, 1.807) is 17.0 Å². The topological polar surface area (TPSA) is 29.5 Å². The van der Waals surface area contributed by atoms with Crippen LogP contribution in [0.5, 0.6) is 0 Å². The molecule has 2 rings (SSSR count). The van der Waals surface area contributed by atoms with Gasteiger partial charge in [0.15, 0.2) is 0 Å². The highest BCUT2D eigenvalue weighted by atomic mass is 35.5. The molecule has 0 radical (unpaired) electrons. The van der Waals surface area contributed by atoms with Crippen molar-refractivity contribution in [2.24, 2.45) is 0 Å². The summed E-state index contributed by atoms with van der Waals surface area (Å²) in [5.74, 6) is 0.216. The van der Waals surface area contributed by atoms with E-state index in [4.69, 9.17) is 27.9 Å². The second kappa shape index (κ2) is 5.82. The number of likely N-dealkylation sites (tertiary alicyclic amines) is 1. The predicted octanol–water partition coefficient (Wildman–Crippen LogP) is 4.72. The van der Waals surface area contributed by atoms with E-state index in [2.05, 4.69) is 0 Å². The van der Waals surface area contributed by atoms with E-state index in [1.807, 2.05) is 26.8 Å². The maximum absolute atomic E-state index is 12.0. The van der Waals surface area contributed by atoms with Crippen LogP contribution >= 0.6 is 23.2 Å². The number of ether oxygens (including phenoxy) is 1. The summed E-state index contributed by atoms with van der Waals surface area (Å²) >= 11 is 12.2. The van der Waals surface area contributed by atoms with Gasteiger partial charge in [-0.1, -0.05) is 23.2 Å². The van der Waals surface area contributed by atoms with Gasteiger partial charge >= 0.3 is 6.09 Å². The normalized spacial score (nSPS) is 19.2. The Labute approximate surface area is 129 Å². The van der Waals surface area contributed by atoms with Gasteiger partial charge in [-0.3, -0.25) is 0 Å². The molecule has 0 spiro atoms. The molecule has 5 heteroatoms. The van der Waals surface area contributed by atoms with Crippen LogP contribution in [-0.2, 0) is 4.74 Å². The Kier molecular flexibility index (Phi) is 4.50. The zero-order valence-electron chi connectivity index (χ0n) is 12.0. The lowest BCUT2D eigenvalue weighted by molar-refractivity contribution is 0.0292. The molecule has 20 heavy (non-hydrogen) atoms. The molecule has 0 aliphatic carbocycles. The van der Waals surface area contributed by atoms with Crippen LogP contribution in [0.2, 0.25) is 10.0 Å².